The highest BCUT2D eigenvalue weighted by Gasteiger charge is 2.34. The molecule has 4 heteroatoms. The number of nitrogens with zero attached hydrogens (tertiary/aromatic N) is 2. The van der Waals surface area contributed by atoms with Crippen LogP contribution < -0.4 is 5.32 Å². The minimum absolute atomic E-state index is 0.443. The van der Waals surface area contributed by atoms with Gasteiger partial charge in [0.1, 0.15) is 0 Å². The summed E-state index contributed by atoms with van der Waals surface area (Å²) >= 11 is 3.71. The van der Waals surface area contributed by atoms with Crippen LogP contribution in [0.3, 0.4) is 0 Å². The molecule has 2 atom stereocenters. The first-order valence-corrected chi connectivity index (χ1v) is 8.42. The van der Waals surface area contributed by atoms with Gasteiger partial charge in [-0.25, -0.2) is 0 Å². The van der Waals surface area contributed by atoms with Gasteiger partial charge in [0.2, 0.25) is 0 Å². The molecule has 2 saturated carbocycles. The zero-order chi connectivity index (χ0) is 13.4. The lowest BCUT2D eigenvalue weighted by atomic mass is 9.92. The van der Waals surface area contributed by atoms with Crippen LogP contribution in [0, 0.1) is 5.92 Å². The summed E-state index contributed by atoms with van der Waals surface area (Å²) in [5, 5.41) is 8.26. The molecule has 3 nitrogen and oxygen atoms in total. The highest BCUT2D eigenvalue weighted by Crippen LogP contribution is 2.42. The molecule has 0 saturated heterocycles. The summed E-state index contributed by atoms with van der Waals surface area (Å²) < 4.78 is 3.41. The lowest BCUT2D eigenvalue weighted by molar-refractivity contribution is 0.404. The lowest BCUT2D eigenvalue weighted by Gasteiger charge is -2.23. The first-order valence-electron chi connectivity index (χ1n) is 7.63. The highest BCUT2D eigenvalue weighted by atomic mass is 79.9. The second-order valence-electron chi connectivity index (χ2n) is 6.40. The lowest BCUT2D eigenvalue weighted by Crippen LogP contribution is -2.27. The Morgan fingerprint density at radius 2 is 2.16 bits per heavy atom. The molecular formula is C15H24BrN3. The van der Waals surface area contributed by atoms with Gasteiger partial charge in [0.15, 0.2) is 0 Å². The second kappa shape index (κ2) is 5.57. The van der Waals surface area contributed by atoms with E-state index in [1.165, 1.54) is 48.8 Å². The normalized spacial score (nSPS) is 27.4. The van der Waals surface area contributed by atoms with Gasteiger partial charge < -0.3 is 5.32 Å². The van der Waals surface area contributed by atoms with Crippen molar-refractivity contribution in [2.45, 2.75) is 64.0 Å². The quantitative estimate of drug-likeness (QED) is 0.890. The zero-order valence-corrected chi connectivity index (χ0v) is 13.5. The predicted molar refractivity (Wildman–Crippen MR) is 81.4 cm³/mol. The third-order valence-electron chi connectivity index (χ3n) is 4.53. The summed E-state index contributed by atoms with van der Waals surface area (Å²) in [5.74, 6) is 1.46. The van der Waals surface area contributed by atoms with Gasteiger partial charge in [-0.05, 0) is 67.9 Å². The molecule has 0 radical (unpaired) electrons. The van der Waals surface area contributed by atoms with Crippen LogP contribution in [0.15, 0.2) is 10.7 Å². The molecule has 0 bridgehead atoms. The van der Waals surface area contributed by atoms with Crippen molar-refractivity contribution in [1.82, 2.24) is 15.1 Å². The molecule has 0 aromatic carbocycles. The molecular weight excluding hydrogens is 302 g/mol. The summed E-state index contributed by atoms with van der Waals surface area (Å²) in [7, 11) is 0. The van der Waals surface area contributed by atoms with E-state index in [0.29, 0.717) is 12.0 Å². The van der Waals surface area contributed by atoms with Crippen LogP contribution in [-0.2, 0) is 0 Å². The number of hydrogen-bond donors (Lipinski definition) is 1. The molecule has 1 aromatic rings. The number of aromatic nitrogens is 2. The van der Waals surface area contributed by atoms with Crippen molar-refractivity contribution < 1.29 is 0 Å². The summed E-state index contributed by atoms with van der Waals surface area (Å²) in [6.07, 6.45) is 8.76. The van der Waals surface area contributed by atoms with E-state index in [-0.39, 0.29) is 0 Å². The van der Waals surface area contributed by atoms with Gasteiger partial charge in [0.05, 0.1) is 16.4 Å². The van der Waals surface area contributed by atoms with E-state index >= 15 is 0 Å². The molecule has 19 heavy (non-hydrogen) atoms. The van der Waals surface area contributed by atoms with Gasteiger partial charge in [0, 0.05) is 18.0 Å². The minimum Gasteiger partial charge on any atom is -0.314 e. The number of rotatable bonds is 5. The van der Waals surface area contributed by atoms with Crippen LogP contribution in [-0.4, -0.2) is 22.4 Å². The molecule has 1 heterocycles. The Kier molecular flexibility index (Phi) is 3.99. The van der Waals surface area contributed by atoms with Crippen LogP contribution in [0.1, 0.15) is 63.6 Å². The van der Waals surface area contributed by atoms with Crippen molar-refractivity contribution in [3.05, 3.63) is 16.4 Å². The fourth-order valence-electron chi connectivity index (χ4n) is 3.36. The maximum atomic E-state index is 4.55. The van der Waals surface area contributed by atoms with E-state index in [2.05, 4.69) is 44.9 Å². The third kappa shape index (κ3) is 2.89. The molecule has 2 fully saturated rings. The number of nitrogens with one attached hydrogen (secondary N) is 1. The Balaban J connectivity index is 1.77. The van der Waals surface area contributed by atoms with Crippen molar-refractivity contribution in [3.8, 4) is 0 Å². The molecule has 2 aliphatic carbocycles. The van der Waals surface area contributed by atoms with Gasteiger partial charge in [-0.2, -0.15) is 5.10 Å². The molecule has 0 spiro atoms. The highest BCUT2D eigenvalue weighted by molar-refractivity contribution is 9.10. The Labute approximate surface area is 124 Å². The fourth-order valence-corrected chi connectivity index (χ4v) is 3.92. The van der Waals surface area contributed by atoms with Crippen LogP contribution >= 0.6 is 15.9 Å². The summed E-state index contributed by atoms with van der Waals surface area (Å²) in [6, 6.07) is 1.26. The Morgan fingerprint density at radius 1 is 1.37 bits per heavy atom. The van der Waals surface area contributed by atoms with Gasteiger partial charge in [-0.3, -0.25) is 4.68 Å². The molecule has 0 aliphatic heterocycles. The first kappa shape index (κ1) is 13.6. The Bertz CT molecular complexity index is 437. The van der Waals surface area contributed by atoms with Crippen LogP contribution in [0.4, 0.5) is 0 Å². The average molecular weight is 326 g/mol. The van der Waals surface area contributed by atoms with E-state index < -0.39 is 0 Å². The predicted octanol–water partition coefficient (Wildman–Crippen LogP) is 3.86. The summed E-state index contributed by atoms with van der Waals surface area (Å²) in [5.41, 5.74) is 1.43. The maximum Gasteiger partial charge on any atom is 0.0635 e. The van der Waals surface area contributed by atoms with Gasteiger partial charge >= 0.3 is 0 Å². The third-order valence-corrected chi connectivity index (χ3v) is 5.14. The monoisotopic (exact) mass is 325 g/mol. The molecule has 3 rings (SSSR count). The SMILES string of the molecule is CC(C)n1ncc(Br)c1C1CCCC1CNC1CC1. The molecule has 2 aliphatic rings. The topological polar surface area (TPSA) is 29.9 Å². The van der Waals surface area contributed by atoms with Crippen molar-refractivity contribution >= 4 is 15.9 Å². The van der Waals surface area contributed by atoms with E-state index in [1.54, 1.807) is 0 Å². The molecule has 1 N–H and O–H groups in total. The largest absolute Gasteiger partial charge is 0.314 e. The second-order valence-corrected chi connectivity index (χ2v) is 7.25. The number of halogens is 1. The molecule has 106 valence electrons. The Morgan fingerprint density at radius 3 is 2.84 bits per heavy atom. The van der Waals surface area contributed by atoms with E-state index in [1.807, 2.05) is 6.20 Å². The minimum atomic E-state index is 0.443. The van der Waals surface area contributed by atoms with E-state index in [4.69, 9.17) is 0 Å². The maximum absolute atomic E-state index is 4.55. The van der Waals surface area contributed by atoms with Crippen molar-refractivity contribution in [2.24, 2.45) is 5.92 Å². The molecule has 0 amide bonds. The smallest absolute Gasteiger partial charge is 0.0635 e. The molecule has 1 aromatic heterocycles. The van der Waals surface area contributed by atoms with E-state index in [0.717, 1.165) is 12.0 Å². The van der Waals surface area contributed by atoms with E-state index in [9.17, 15) is 0 Å². The standard InChI is InChI=1S/C15H24BrN3/c1-10(2)19-15(14(16)9-18-19)13-5-3-4-11(13)8-17-12-6-7-12/h9-13,17H,3-8H2,1-2H3. The van der Waals surface area contributed by atoms with Gasteiger partial charge in [0.25, 0.3) is 0 Å². The fraction of sp³-hybridized carbons (Fsp3) is 0.800. The average Bonchev–Trinajstić information content (AvgIpc) is 2.95. The zero-order valence-electron chi connectivity index (χ0n) is 11.9. The molecule has 2 unspecified atom stereocenters. The van der Waals surface area contributed by atoms with Crippen LogP contribution in [0.2, 0.25) is 0 Å². The first-order chi connectivity index (χ1) is 9.16. The van der Waals surface area contributed by atoms with Gasteiger partial charge in [-0.15, -0.1) is 0 Å². The summed E-state index contributed by atoms with van der Waals surface area (Å²) in [6.45, 7) is 5.62. The summed E-state index contributed by atoms with van der Waals surface area (Å²) in [4.78, 5) is 0. The van der Waals surface area contributed by atoms with Gasteiger partial charge in [-0.1, -0.05) is 6.42 Å². The number of hydrogen-bond acceptors (Lipinski definition) is 2. The van der Waals surface area contributed by atoms with Crippen molar-refractivity contribution in [3.63, 3.8) is 0 Å². The van der Waals surface area contributed by atoms with Crippen LogP contribution in [0.25, 0.3) is 0 Å². The van der Waals surface area contributed by atoms with Crippen LogP contribution in [0.5, 0.6) is 0 Å². The van der Waals surface area contributed by atoms with Crippen molar-refractivity contribution in [2.75, 3.05) is 6.54 Å². The van der Waals surface area contributed by atoms with Crippen molar-refractivity contribution in [1.29, 1.82) is 0 Å². The Hall–Kier alpha value is -0.350.